The average Bonchev–Trinajstić information content (AvgIpc) is 3.16. The van der Waals surface area contributed by atoms with Gasteiger partial charge in [0.05, 0.1) is 18.1 Å². The maximum absolute atomic E-state index is 14.0. The molecule has 3 aromatic rings. The summed E-state index contributed by atoms with van der Waals surface area (Å²) in [6.45, 7) is 5.55. The van der Waals surface area contributed by atoms with Crippen LogP contribution in [0.25, 0.3) is 11.0 Å². The predicted molar refractivity (Wildman–Crippen MR) is 123 cm³/mol. The van der Waals surface area contributed by atoms with Crippen molar-refractivity contribution in [2.75, 3.05) is 39.2 Å². The highest BCUT2D eigenvalue weighted by atomic mass is 32.2. The first-order valence-corrected chi connectivity index (χ1v) is 11.5. The molecule has 0 amide bonds. The van der Waals surface area contributed by atoms with Crippen molar-refractivity contribution < 1.29 is 13.7 Å². The number of rotatable bonds is 7. The highest BCUT2D eigenvalue weighted by Gasteiger charge is 2.30. The zero-order valence-electron chi connectivity index (χ0n) is 18.0. The van der Waals surface area contributed by atoms with Crippen molar-refractivity contribution in [3.05, 3.63) is 59.9 Å². The molecule has 8 heteroatoms. The number of aromatic amines is 1. The molecule has 0 bridgehead atoms. The van der Waals surface area contributed by atoms with Gasteiger partial charge in [0, 0.05) is 53.7 Å². The smallest absolute Gasteiger partial charge is 0.321 e. The van der Waals surface area contributed by atoms with E-state index in [1.807, 2.05) is 18.2 Å². The molecule has 31 heavy (non-hydrogen) atoms. The van der Waals surface area contributed by atoms with E-state index >= 15 is 0 Å². The Balaban J connectivity index is 1.68. The van der Waals surface area contributed by atoms with Crippen LogP contribution in [0.3, 0.4) is 0 Å². The number of halogens is 1. The summed E-state index contributed by atoms with van der Waals surface area (Å²) in [4.78, 5) is 12.0. The third-order valence-corrected chi connectivity index (χ3v) is 6.91. The molecule has 1 aliphatic heterocycles. The number of H-pyrrole nitrogens is 1. The molecule has 0 aliphatic carbocycles. The predicted octanol–water partition coefficient (Wildman–Crippen LogP) is 4.02. The summed E-state index contributed by atoms with van der Waals surface area (Å²) in [5.41, 5.74) is 4.40. The fraction of sp³-hybridized carbons (Fsp3) is 0.348. The monoisotopic (exact) mass is 442 g/mol. The van der Waals surface area contributed by atoms with Gasteiger partial charge in [-0.2, -0.15) is 4.98 Å². The van der Waals surface area contributed by atoms with E-state index in [1.165, 1.54) is 24.8 Å². The van der Waals surface area contributed by atoms with Crippen LogP contribution < -0.4 is 9.64 Å². The third kappa shape index (κ3) is 4.15. The van der Waals surface area contributed by atoms with Crippen molar-refractivity contribution in [2.45, 2.75) is 23.4 Å². The zero-order valence-corrected chi connectivity index (χ0v) is 18.8. The molecule has 2 heterocycles. The zero-order chi connectivity index (χ0) is 22.1. The van der Waals surface area contributed by atoms with Gasteiger partial charge < -0.3 is 19.1 Å². The van der Waals surface area contributed by atoms with Crippen LogP contribution in [0, 0.1) is 5.82 Å². The first-order valence-electron chi connectivity index (χ1n) is 10.2. The second kappa shape index (κ2) is 8.90. The number of hydrogen-bond donors (Lipinski definition) is 1. The van der Waals surface area contributed by atoms with Crippen LogP contribution in [0.2, 0.25) is 0 Å². The van der Waals surface area contributed by atoms with E-state index in [-0.39, 0.29) is 5.75 Å². The number of anilines is 1. The van der Waals surface area contributed by atoms with E-state index in [0.717, 1.165) is 30.8 Å². The lowest BCUT2D eigenvalue weighted by atomic mass is 9.93. The van der Waals surface area contributed by atoms with Gasteiger partial charge in [-0.1, -0.05) is 24.3 Å². The Bertz CT molecular complexity index is 1100. The molecule has 2 atom stereocenters. The first-order chi connectivity index (χ1) is 14.9. The summed E-state index contributed by atoms with van der Waals surface area (Å²) < 4.78 is 32.3. The number of hydrogen-bond acceptors (Lipinski definition) is 5. The number of nitrogens with one attached hydrogen (secondary N) is 1. The van der Waals surface area contributed by atoms with E-state index < -0.39 is 17.0 Å². The molecule has 0 saturated heterocycles. The number of fused-ring (bicyclic) bond motifs is 2. The van der Waals surface area contributed by atoms with Crippen LogP contribution in [0.4, 0.5) is 10.1 Å². The number of aromatic nitrogens is 2. The van der Waals surface area contributed by atoms with Crippen LogP contribution in [-0.2, 0) is 16.9 Å². The summed E-state index contributed by atoms with van der Waals surface area (Å²) in [5, 5.41) is 0.329. The molecule has 164 valence electrons. The molecule has 1 aromatic heterocycles. The van der Waals surface area contributed by atoms with Gasteiger partial charge in [0.1, 0.15) is 5.75 Å². The summed E-state index contributed by atoms with van der Waals surface area (Å²) in [5.74, 6) is -0.0534. The maximum Gasteiger partial charge on any atom is 0.321 e. The van der Waals surface area contributed by atoms with Gasteiger partial charge in [-0.15, -0.1) is 6.58 Å². The number of para-hydroxylation sites is 1. The molecule has 1 N–H and O–H groups in total. The minimum Gasteiger partial charge on any atom is -0.609 e. The lowest BCUT2D eigenvalue weighted by Gasteiger charge is -2.39. The summed E-state index contributed by atoms with van der Waals surface area (Å²) >= 11 is -1.42. The fourth-order valence-electron chi connectivity index (χ4n) is 4.26. The van der Waals surface area contributed by atoms with Crippen molar-refractivity contribution in [3.8, 4) is 5.75 Å². The maximum atomic E-state index is 14.0. The van der Waals surface area contributed by atoms with E-state index in [0.29, 0.717) is 28.0 Å². The largest absolute Gasteiger partial charge is 0.609 e. The molecule has 4 rings (SSSR count). The summed E-state index contributed by atoms with van der Waals surface area (Å²) in [6, 6.07) is 9.34. The second-order valence-corrected chi connectivity index (χ2v) is 9.26. The molecular formula is C23H27FN4O2S. The highest BCUT2D eigenvalue weighted by Crippen LogP contribution is 2.39. The second-order valence-electron chi connectivity index (χ2n) is 7.89. The van der Waals surface area contributed by atoms with Crippen LogP contribution >= 0.6 is 0 Å². The van der Waals surface area contributed by atoms with Gasteiger partial charge in [-0.05, 0) is 26.1 Å². The Morgan fingerprint density at radius 3 is 2.94 bits per heavy atom. The number of benzene rings is 2. The normalized spacial score (nSPS) is 17.1. The first kappa shape index (κ1) is 21.7. The van der Waals surface area contributed by atoms with Crippen molar-refractivity contribution >= 4 is 27.9 Å². The highest BCUT2D eigenvalue weighted by molar-refractivity contribution is 7.90. The molecule has 2 aromatic carbocycles. The van der Waals surface area contributed by atoms with Crippen LogP contribution in [0.5, 0.6) is 5.75 Å². The quantitative estimate of drug-likeness (QED) is 0.442. The minimum absolute atomic E-state index is 0.125. The summed E-state index contributed by atoms with van der Waals surface area (Å²) in [7, 11) is 5.59. The third-order valence-electron chi connectivity index (χ3n) is 5.71. The fourth-order valence-corrected chi connectivity index (χ4v) is 5.34. The van der Waals surface area contributed by atoms with Crippen molar-refractivity contribution in [3.63, 3.8) is 0 Å². The number of ether oxygens (including phenoxy) is 1. The Kier molecular flexibility index (Phi) is 6.22. The van der Waals surface area contributed by atoms with E-state index in [2.05, 4.69) is 46.5 Å². The van der Waals surface area contributed by atoms with Gasteiger partial charge in [0.25, 0.3) is 0 Å². The van der Waals surface area contributed by atoms with E-state index in [1.54, 1.807) is 0 Å². The number of nitrogens with zero attached hydrogens (tertiary/aromatic N) is 3. The average molecular weight is 443 g/mol. The van der Waals surface area contributed by atoms with Crippen molar-refractivity contribution in [1.29, 1.82) is 0 Å². The molecule has 0 saturated carbocycles. The van der Waals surface area contributed by atoms with Crippen molar-refractivity contribution in [2.24, 2.45) is 0 Å². The van der Waals surface area contributed by atoms with Crippen LogP contribution in [0.15, 0.2) is 48.1 Å². The topological polar surface area (TPSA) is 67.4 Å². The van der Waals surface area contributed by atoms with Crippen LogP contribution in [0.1, 0.15) is 23.6 Å². The lowest BCUT2D eigenvalue weighted by molar-refractivity contribution is 0.278. The molecular weight excluding hydrogens is 415 g/mol. The molecule has 0 radical (unpaired) electrons. The standard InChI is InChI=1S/C23H27FN4O2S/c1-5-10-28-11-9-20(27(2)3)16-8-6-7-15(22(16)28)14-31(29)23-25-18-12-17(24)21(30-4)13-19(18)26-23/h5-8,12-13,20H,1,9-11,14H2,2-4H3,(H,25,26). The van der Waals surface area contributed by atoms with Gasteiger partial charge >= 0.3 is 5.16 Å². The van der Waals surface area contributed by atoms with Gasteiger partial charge in [-0.25, -0.2) is 4.39 Å². The molecule has 1 aliphatic rings. The molecule has 0 fully saturated rings. The van der Waals surface area contributed by atoms with Crippen molar-refractivity contribution in [1.82, 2.24) is 14.9 Å². The van der Waals surface area contributed by atoms with E-state index in [9.17, 15) is 8.94 Å². The summed E-state index contributed by atoms with van der Waals surface area (Å²) in [6.07, 6.45) is 2.92. The Hall–Kier alpha value is -2.55. The molecule has 6 nitrogen and oxygen atoms in total. The van der Waals surface area contributed by atoms with E-state index in [4.69, 9.17) is 4.74 Å². The molecule has 0 spiro atoms. The van der Waals surface area contributed by atoms with Gasteiger partial charge in [0.2, 0.25) is 0 Å². The minimum atomic E-state index is -1.42. The lowest BCUT2D eigenvalue weighted by Crippen LogP contribution is -2.36. The number of methoxy groups -OCH3 is 1. The van der Waals surface area contributed by atoms with Gasteiger partial charge in [-0.3, -0.25) is 4.98 Å². The SMILES string of the molecule is C=CCN1CCC(N(C)C)c2cccc(C[S+]([O-])c3nc4cc(F)c(OC)cc4[nH]3)c21. The molecule has 2 unspecified atom stereocenters. The Labute approximate surface area is 184 Å². The number of imidazole rings is 1. The van der Waals surface area contributed by atoms with Gasteiger partial charge in [0.15, 0.2) is 11.6 Å². The van der Waals surface area contributed by atoms with Crippen LogP contribution in [-0.4, -0.2) is 53.7 Å². The Morgan fingerprint density at radius 2 is 2.23 bits per heavy atom. The Morgan fingerprint density at radius 1 is 1.42 bits per heavy atom.